The summed E-state index contributed by atoms with van der Waals surface area (Å²) in [6.45, 7) is 1.32. The molecule has 0 amide bonds. The molecule has 1 N–H and O–H groups in total. The number of aromatic nitrogens is 1. The fourth-order valence-corrected chi connectivity index (χ4v) is 2.52. The lowest BCUT2D eigenvalue weighted by atomic mass is 10.1. The lowest BCUT2D eigenvalue weighted by Gasteiger charge is -2.06. The molecular weight excluding hydrogens is 270 g/mol. The van der Waals surface area contributed by atoms with Crippen molar-refractivity contribution in [2.24, 2.45) is 7.05 Å². The van der Waals surface area contributed by atoms with E-state index in [1.54, 1.807) is 19.2 Å². The van der Waals surface area contributed by atoms with E-state index in [2.05, 4.69) is 0 Å². The number of aromatic carboxylic acids is 1. The van der Waals surface area contributed by atoms with Gasteiger partial charge in [-0.05, 0) is 19.1 Å². The highest BCUT2D eigenvalue weighted by molar-refractivity contribution is 6.37. The first kappa shape index (κ1) is 13.4. The summed E-state index contributed by atoms with van der Waals surface area (Å²) in [6.07, 6.45) is 0. The predicted molar refractivity (Wildman–Crippen MR) is 71.4 cm³/mol. The summed E-state index contributed by atoms with van der Waals surface area (Å²) < 4.78 is 6.62. The Morgan fingerprint density at radius 1 is 1.37 bits per heavy atom. The maximum atomic E-state index is 11.8. The number of benzene rings is 1. The number of fused-ring (bicyclic) bond motifs is 1. The van der Waals surface area contributed by atoms with Gasteiger partial charge in [0.1, 0.15) is 11.4 Å². The van der Waals surface area contributed by atoms with Gasteiger partial charge in [0.05, 0.1) is 23.2 Å². The van der Waals surface area contributed by atoms with E-state index >= 15 is 0 Å². The van der Waals surface area contributed by atoms with Crippen molar-refractivity contribution in [1.82, 2.24) is 4.57 Å². The number of carbonyl (C=O) groups is 2. The Balaban J connectivity index is 3.09. The van der Waals surface area contributed by atoms with Gasteiger partial charge in [0.25, 0.3) is 0 Å². The minimum absolute atomic E-state index is 0.0890. The molecule has 0 atom stereocenters. The normalized spacial score (nSPS) is 10.7. The van der Waals surface area contributed by atoms with Crippen LogP contribution in [0, 0.1) is 0 Å². The number of carbonyl (C=O) groups excluding carboxylic acids is 1. The number of methoxy groups -OCH3 is 1. The third kappa shape index (κ3) is 1.86. The molecule has 5 nitrogen and oxygen atoms in total. The summed E-state index contributed by atoms with van der Waals surface area (Å²) in [4.78, 5) is 23.1. The van der Waals surface area contributed by atoms with E-state index in [-0.39, 0.29) is 17.0 Å². The van der Waals surface area contributed by atoms with Gasteiger partial charge in [-0.3, -0.25) is 4.79 Å². The van der Waals surface area contributed by atoms with Gasteiger partial charge in [-0.25, -0.2) is 4.79 Å². The van der Waals surface area contributed by atoms with Crippen molar-refractivity contribution in [1.29, 1.82) is 0 Å². The lowest BCUT2D eigenvalue weighted by molar-refractivity contribution is 0.0682. The molecule has 0 aliphatic rings. The second-order valence-corrected chi connectivity index (χ2v) is 4.52. The number of rotatable bonds is 3. The number of ether oxygens (including phenoxy) is 1. The summed E-state index contributed by atoms with van der Waals surface area (Å²) in [5.41, 5.74) is 0.514. The topological polar surface area (TPSA) is 68.5 Å². The van der Waals surface area contributed by atoms with Gasteiger partial charge in [-0.1, -0.05) is 11.6 Å². The molecule has 0 spiro atoms. The van der Waals surface area contributed by atoms with Gasteiger partial charge in [0.15, 0.2) is 5.78 Å². The largest absolute Gasteiger partial charge is 0.495 e. The number of nitrogens with zero attached hydrogens (tertiary/aromatic N) is 1. The Labute approximate surface area is 114 Å². The molecule has 0 saturated heterocycles. The van der Waals surface area contributed by atoms with Crippen LogP contribution >= 0.6 is 11.6 Å². The summed E-state index contributed by atoms with van der Waals surface area (Å²) in [5, 5.41) is 10.0. The van der Waals surface area contributed by atoms with Crippen LogP contribution in [0.4, 0.5) is 0 Å². The Hall–Kier alpha value is -2.01. The number of hydrogen-bond acceptors (Lipinski definition) is 3. The van der Waals surface area contributed by atoms with E-state index in [1.807, 2.05) is 0 Å². The molecule has 0 fully saturated rings. The van der Waals surface area contributed by atoms with Gasteiger partial charge in [0, 0.05) is 12.4 Å². The van der Waals surface area contributed by atoms with E-state index in [4.69, 9.17) is 16.3 Å². The molecule has 1 aromatic carbocycles. The standard InChI is InChI=1S/C13H12ClNO4/c1-6(16)9-10-7(14)4-5-8(19-3)11(10)15(2)12(9)13(17)18/h4-5H,1-3H3,(H,17,18). The summed E-state index contributed by atoms with van der Waals surface area (Å²) in [5.74, 6) is -1.06. The third-order valence-electron chi connectivity index (χ3n) is 3.02. The number of aryl methyl sites for hydroxylation is 1. The second kappa shape index (κ2) is 4.59. The molecule has 6 heteroatoms. The third-order valence-corrected chi connectivity index (χ3v) is 3.34. The van der Waals surface area contributed by atoms with Crippen LogP contribution in [0.5, 0.6) is 5.75 Å². The van der Waals surface area contributed by atoms with Crippen LogP contribution in [0.15, 0.2) is 12.1 Å². The van der Waals surface area contributed by atoms with Crippen molar-refractivity contribution in [3.63, 3.8) is 0 Å². The molecule has 0 aliphatic heterocycles. The fourth-order valence-electron chi connectivity index (χ4n) is 2.27. The molecule has 0 bridgehead atoms. The van der Waals surface area contributed by atoms with Crippen molar-refractivity contribution >= 4 is 34.3 Å². The van der Waals surface area contributed by atoms with Gasteiger partial charge in [-0.15, -0.1) is 0 Å². The molecule has 0 unspecified atom stereocenters. The summed E-state index contributed by atoms with van der Waals surface area (Å²) in [7, 11) is 3.04. The average Bonchev–Trinajstić information content (AvgIpc) is 2.65. The van der Waals surface area contributed by atoms with Gasteiger partial charge >= 0.3 is 5.97 Å². The molecule has 0 radical (unpaired) electrons. The average molecular weight is 282 g/mol. The molecular formula is C13H12ClNO4. The van der Waals surface area contributed by atoms with Crippen molar-refractivity contribution in [3.8, 4) is 5.75 Å². The van der Waals surface area contributed by atoms with Crippen molar-refractivity contribution in [3.05, 3.63) is 28.4 Å². The summed E-state index contributed by atoms with van der Waals surface area (Å²) in [6, 6.07) is 3.22. The smallest absolute Gasteiger partial charge is 0.353 e. The van der Waals surface area contributed by atoms with Crippen molar-refractivity contribution < 1.29 is 19.4 Å². The number of halogens is 1. The van der Waals surface area contributed by atoms with E-state index in [9.17, 15) is 14.7 Å². The van der Waals surface area contributed by atoms with Crippen LogP contribution in [0.25, 0.3) is 10.9 Å². The van der Waals surface area contributed by atoms with Gasteiger partial charge in [0.2, 0.25) is 0 Å². The number of Topliss-reactive ketones (excluding diaryl/α,β-unsaturated/α-hetero) is 1. The maximum absolute atomic E-state index is 11.8. The molecule has 2 aromatic rings. The zero-order valence-corrected chi connectivity index (χ0v) is 11.4. The molecule has 19 heavy (non-hydrogen) atoms. The SMILES string of the molecule is COc1ccc(Cl)c2c(C(C)=O)c(C(=O)O)n(C)c12. The predicted octanol–water partition coefficient (Wildman–Crippen LogP) is 2.74. The molecule has 1 aromatic heterocycles. The minimum Gasteiger partial charge on any atom is -0.495 e. The number of carboxylic acids is 1. The second-order valence-electron chi connectivity index (χ2n) is 4.12. The van der Waals surface area contributed by atoms with Crippen LogP contribution in [0.2, 0.25) is 5.02 Å². The quantitative estimate of drug-likeness (QED) is 0.878. The Bertz CT molecular complexity index is 702. The zero-order chi connectivity index (χ0) is 14.3. The Kier molecular flexibility index (Phi) is 3.24. The highest BCUT2D eigenvalue weighted by atomic mass is 35.5. The molecule has 2 rings (SSSR count). The Morgan fingerprint density at radius 2 is 2.00 bits per heavy atom. The number of carboxylic acid groups (broad SMARTS) is 1. The van der Waals surface area contributed by atoms with Crippen LogP contribution in [-0.2, 0) is 7.05 Å². The van der Waals surface area contributed by atoms with Crippen molar-refractivity contribution in [2.75, 3.05) is 7.11 Å². The van der Waals surface area contributed by atoms with Gasteiger partial charge < -0.3 is 14.4 Å². The summed E-state index contributed by atoms with van der Waals surface area (Å²) >= 11 is 6.11. The first-order chi connectivity index (χ1) is 8.90. The Morgan fingerprint density at radius 3 is 2.47 bits per heavy atom. The zero-order valence-electron chi connectivity index (χ0n) is 10.7. The molecule has 0 aliphatic carbocycles. The highest BCUT2D eigenvalue weighted by Crippen LogP contribution is 2.37. The van der Waals surface area contributed by atoms with Crippen LogP contribution in [-0.4, -0.2) is 28.5 Å². The number of ketones is 1. The maximum Gasteiger partial charge on any atom is 0.353 e. The fraction of sp³-hybridized carbons (Fsp3) is 0.231. The van der Waals surface area contributed by atoms with E-state index < -0.39 is 5.97 Å². The molecule has 100 valence electrons. The highest BCUT2D eigenvalue weighted by Gasteiger charge is 2.26. The van der Waals surface area contributed by atoms with Crippen LogP contribution < -0.4 is 4.74 Å². The number of hydrogen-bond donors (Lipinski definition) is 1. The molecule has 0 saturated carbocycles. The van der Waals surface area contributed by atoms with E-state index in [0.29, 0.717) is 21.7 Å². The first-order valence-corrected chi connectivity index (χ1v) is 5.87. The van der Waals surface area contributed by atoms with Crippen molar-refractivity contribution in [2.45, 2.75) is 6.92 Å². The monoisotopic (exact) mass is 281 g/mol. The van der Waals surface area contributed by atoms with E-state index in [0.717, 1.165) is 0 Å². The van der Waals surface area contributed by atoms with Crippen LogP contribution in [0.1, 0.15) is 27.8 Å². The van der Waals surface area contributed by atoms with Gasteiger partial charge in [-0.2, -0.15) is 0 Å². The lowest BCUT2D eigenvalue weighted by Crippen LogP contribution is -2.09. The molecule has 1 heterocycles. The first-order valence-electron chi connectivity index (χ1n) is 5.49. The van der Waals surface area contributed by atoms with E-state index in [1.165, 1.54) is 18.6 Å². The van der Waals surface area contributed by atoms with Crippen LogP contribution in [0.3, 0.4) is 0 Å². The minimum atomic E-state index is -1.18.